The summed E-state index contributed by atoms with van der Waals surface area (Å²) in [4.78, 5) is 45.8. The summed E-state index contributed by atoms with van der Waals surface area (Å²) in [6, 6.07) is 12.8. The van der Waals surface area contributed by atoms with Crippen LogP contribution in [0, 0.1) is 10.1 Å². The van der Waals surface area contributed by atoms with Gasteiger partial charge in [-0.1, -0.05) is 29.8 Å². The Morgan fingerprint density at radius 1 is 1.10 bits per heavy atom. The Morgan fingerprint density at radius 2 is 1.83 bits per heavy atom. The monoisotopic (exact) mass is 409 g/mol. The van der Waals surface area contributed by atoms with Gasteiger partial charge in [-0.3, -0.25) is 24.5 Å². The fourth-order valence-corrected chi connectivity index (χ4v) is 3.08. The molecule has 0 aliphatic carbocycles. The Kier molecular flexibility index (Phi) is 4.65. The van der Waals surface area contributed by atoms with Crippen molar-refractivity contribution in [3.63, 3.8) is 0 Å². The number of hydrogen-bond donors (Lipinski definition) is 1. The predicted octanol–water partition coefficient (Wildman–Crippen LogP) is 2.76. The van der Waals surface area contributed by atoms with E-state index in [0.717, 1.165) is 0 Å². The fraction of sp³-hybridized carbons (Fsp3) is 0.0526. The van der Waals surface area contributed by atoms with Crippen LogP contribution in [0.25, 0.3) is 22.4 Å². The quantitative estimate of drug-likeness (QED) is 0.408. The maximum Gasteiger partial charge on any atom is 0.330 e. The largest absolute Gasteiger partial charge is 0.330 e. The van der Waals surface area contributed by atoms with Gasteiger partial charge in [-0.05, 0) is 23.8 Å². The van der Waals surface area contributed by atoms with Gasteiger partial charge in [0.1, 0.15) is 0 Å². The summed E-state index contributed by atoms with van der Waals surface area (Å²) in [7, 11) is 0. The highest BCUT2D eigenvalue weighted by Gasteiger charge is 2.14. The van der Waals surface area contributed by atoms with E-state index < -0.39 is 16.2 Å². The summed E-state index contributed by atoms with van der Waals surface area (Å²) in [5.74, 6) is 0. The number of nitro groups is 1. The second kappa shape index (κ2) is 7.28. The lowest BCUT2D eigenvalue weighted by Gasteiger charge is -2.10. The second-order valence-electron chi connectivity index (χ2n) is 6.17. The van der Waals surface area contributed by atoms with Crippen LogP contribution < -0.4 is 11.2 Å². The van der Waals surface area contributed by atoms with Crippen molar-refractivity contribution in [1.29, 1.82) is 0 Å². The van der Waals surface area contributed by atoms with E-state index in [1.54, 1.807) is 24.3 Å². The third-order valence-corrected chi connectivity index (χ3v) is 4.72. The number of hydrogen-bond acceptors (Lipinski definition) is 6. The van der Waals surface area contributed by atoms with E-state index in [2.05, 4.69) is 15.0 Å². The van der Waals surface area contributed by atoms with Gasteiger partial charge in [-0.15, -0.1) is 0 Å². The zero-order valence-electron chi connectivity index (χ0n) is 14.7. The molecule has 9 nitrogen and oxygen atoms in total. The number of nitrogens with zero attached hydrogens (tertiary/aromatic N) is 4. The zero-order valence-corrected chi connectivity index (χ0v) is 15.5. The predicted molar refractivity (Wildman–Crippen MR) is 107 cm³/mol. The van der Waals surface area contributed by atoms with E-state index in [1.165, 1.54) is 35.0 Å². The number of fused-ring (bicyclic) bond motifs is 1. The molecule has 2 aromatic heterocycles. The van der Waals surface area contributed by atoms with Crippen LogP contribution in [0.1, 0.15) is 5.56 Å². The van der Waals surface area contributed by atoms with Gasteiger partial charge < -0.3 is 0 Å². The minimum absolute atomic E-state index is 0.00214. The SMILES string of the molecule is O=c1[nH]c(=O)n(Cc2ccccc2Cl)c2nc(-c3ccc([N+](=O)[O-])cc3)cnc12. The first-order valence-electron chi connectivity index (χ1n) is 8.42. The van der Waals surface area contributed by atoms with Crippen LogP contribution in [0.2, 0.25) is 5.02 Å². The number of nitro benzene ring substituents is 1. The maximum atomic E-state index is 12.5. The highest BCUT2D eigenvalue weighted by Crippen LogP contribution is 2.22. The number of benzene rings is 2. The molecule has 0 saturated heterocycles. The van der Waals surface area contributed by atoms with Gasteiger partial charge >= 0.3 is 5.69 Å². The van der Waals surface area contributed by atoms with E-state index in [4.69, 9.17) is 11.6 Å². The summed E-state index contributed by atoms with van der Waals surface area (Å²) in [6.07, 6.45) is 1.38. The molecular formula is C19H12ClN5O4. The summed E-state index contributed by atoms with van der Waals surface area (Å²) >= 11 is 6.20. The molecule has 0 amide bonds. The molecular weight excluding hydrogens is 398 g/mol. The minimum Gasteiger partial charge on any atom is -0.272 e. The van der Waals surface area contributed by atoms with Crippen LogP contribution in [0.5, 0.6) is 0 Å². The molecule has 4 rings (SSSR count). The molecule has 0 atom stereocenters. The topological polar surface area (TPSA) is 124 Å². The minimum atomic E-state index is -0.650. The Hall–Kier alpha value is -3.85. The van der Waals surface area contributed by atoms with E-state index in [-0.39, 0.29) is 23.4 Å². The third-order valence-electron chi connectivity index (χ3n) is 4.35. The number of rotatable bonds is 4. The normalized spacial score (nSPS) is 10.9. The smallest absolute Gasteiger partial charge is 0.272 e. The molecule has 0 fully saturated rings. The van der Waals surface area contributed by atoms with Crippen LogP contribution in [0.3, 0.4) is 0 Å². The first-order chi connectivity index (χ1) is 13.9. The lowest BCUT2D eigenvalue weighted by atomic mass is 10.1. The molecule has 0 aliphatic rings. The average molecular weight is 410 g/mol. The summed E-state index contributed by atoms with van der Waals surface area (Å²) in [5, 5.41) is 11.3. The molecule has 0 spiro atoms. The Bertz CT molecular complexity index is 1360. The second-order valence-corrected chi connectivity index (χ2v) is 6.58. The van der Waals surface area contributed by atoms with Gasteiger partial charge in [0.25, 0.3) is 11.2 Å². The molecule has 144 valence electrons. The average Bonchev–Trinajstić information content (AvgIpc) is 2.72. The number of aromatic nitrogens is 4. The molecule has 2 aromatic carbocycles. The molecule has 29 heavy (non-hydrogen) atoms. The van der Waals surface area contributed by atoms with Crippen LogP contribution in [0.15, 0.2) is 64.3 Å². The first-order valence-corrected chi connectivity index (χ1v) is 8.80. The molecule has 10 heteroatoms. The summed E-state index contributed by atoms with van der Waals surface area (Å²) < 4.78 is 1.28. The highest BCUT2D eigenvalue weighted by molar-refractivity contribution is 6.31. The Morgan fingerprint density at radius 3 is 2.52 bits per heavy atom. The van der Waals surface area contributed by atoms with Crippen molar-refractivity contribution in [2.24, 2.45) is 0 Å². The number of aromatic amines is 1. The van der Waals surface area contributed by atoms with E-state index in [1.807, 2.05) is 0 Å². The molecule has 4 aromatic rings. The zero-order chi connectivity index (χ0) is 20.5. The number of H-pyrrole nitrogens is 1. The molecule has 0 unspecified atom stereocenters. The van der Waals surface area contributed by atoms with Crippen molar-refractivity contribution in [2.45, 2.75) is 6.54 Å². The van der Waals surface area contributed by atoms with Crippen molar-refractivity contribution >= 4 is 28.5 Å². The first kappa shape index (κ1) is 18.5. The standard InChI is InChI=1S/C19H12ClN5O4/c20-14-4-2-1-3-12(14)10-24-17-16(18(26)23-19(24)27)21-9-15(22-17)11-5-7-13(8-6-11)25(28)29/h1-9H,10H2,(H,23,26,27). The van der Waals surface area contributed by atoms with Gasteiger partial charge in [0.05, 0.1) is 23.4 Å². The Labute approximate surface area is 167 Å². The van der Waals surface area contributed by atoms with Crippen LogP contribution in [0.4, 0.5) is 5.69 Å². The van der Waals surface area contributed by atoms with E-state index in [0.29, 0.717) is 21.8 Å². The molecule has 2 heterocycles. The fourth-order valence-electron chi connectivity index (χ4n) is 2.88. The molecule has 1 N–H and O–H groups in total. The van der Waals surface area contributed by atoms with Crippen LogP contribution >= 0.6 is 11.6 Å². The number of non-ortho nitro benzene ring substituents is 1. The Balaban J connectivity index is 1.88. The molecule has 0 radical (unpaired) electrons. The van der Waals surface area contributed by atoms with Gasteiger partial charge in [-0.25, -0.2) is 14.8 Å². The summed E-state index contributed by atoms with van der Waals surface area (Å²) in [5.41, 5.74) is 0.339. The van der Waals surface area contributed by atoms with Crippen LogP contribution in [-0.4, -0.2) is 24.4 Å². The molecule has 0 aliphatic heterocycles. The number of halogens is 1. The van der Waals surface area contributed by atoms with Gasteiger partial charge in [0, 0.05) is 22.7 Å². The van der Waals surface area contributed by atoms with E-state index in [9.17, 15) is 19.7 Å². The third kappa shape index (κ3) is 3.50. The number of nitrogens with one attached hydrogen (secondary N) is 1. The lowest BCUT2D eigenvalue weighted by Crippen LogP contribution is -2.31. The van der Waals surface area contributed by atoms with Crippen molar-refractivity contribution in [3.05, 3.63) is 96.3 Å². The van der Waals surface area contributed by atoms with Crippen molar-refractivity contribution in [1.82, 2.24) is 19.5 Å². The molecule has 0 bridgehead atoms. The lowest BCUT2D eigenvalue weighted by molar-refractivity contribution is -0.384. The van der Waals surface area contributed by atoms with Gasteiger partial charge in [0.2, 0.25) is 0 Å². The van der Waals surface area contributed by atoms with Gasteiger partial charge in [0.15, 0.2) is 11.2 Å². The van der Waals surface area contributed by atoms with Crippen molar-refractivity contribution in [2.75, 3.05) is 0 Å². The highest BCUT2D eigenvalue weighted by atomic mass is 35.5. The van der Waals surface area contributed by atoms with E-state index >= 15 is 0 Å². The van der Waals surface area contributed by atoms with Crippen LogP contribution in [-0.2, 0) is 6.54 Å². The maximum absolute atomic E-state index is 12.5. The van der Waals surface area contributed by atoms with Crippen molar-refractivity contribution in [3.8, 4) is 11.3 Å². The summed E-state index contributed by atoms with van der Waals surface area (Å²) in [6.45, 7) is 0.0875. The van der Waals surface area contributed by atoms with Crippen molar-refractivity contribution < 1.29 is 4.92 Å². The van der Waals surface area contributed by atoms with Gasteiger partial charge in [-0.2, -0.15) is 0 Å². The molecule has 0 saturated carbocycles.